The van der Waals surface area contributed by atoms with Crippen LogP contribution in [0.1, 0.15) is 37.8 Å². The second-order valence-electron chi connectivity index (χ2n) is 4.35. The Morgan fingerprint density at radius 1 is 1.38 bits per heavy atom. The molecule has 2 heteroatoms. The Hall–Kier alpha value is -1.31. The van der Waals surface area contributed by atoms with E-state index in [0.717, 1.165) is 12.8 Å². The zero-order valence-electron chi connectivity index (χ0n) is 10.4. The van der Waals surface area contributed by atoms with Gasteiger partial charge in [0, 0.05) is 12.5 Å². The van der Waals surface area contributed by atoms with Crippen LogP contribution in [-0.4, -0.2) is 11.9 Å². The molecule has 1 amide bonds. The van der Waals surface area contributed by atoms with E-state index in [4.69, 9.17) is 0 Å². The summed E-state index contributed by atoms with van der Waals surface area (Å²) in [5, 5.41) is 3.02. The molecule has 2 nitrogen and oxygen atoms in total. The van der Waals surface area contributed by atoms with E-state index >= 15 is 0 Å². The van der Waals surface area contributed by atoms with Crippen molar-refractivity contribution in [2.24, 2.45) is 0 Å². The number of rotatable bonds is 5. The van der Waals surface area contributed by atoms with Gasteiger partial charge in [-0.3, -0.25) is 4.79 Å². The van der Waals surface area contributed by atoms with Crippen molar-refractivity contribution in [1.29, 1.82) is 0 Å². The summed E-state index contributed by atoms with van der Waals surface area (Å²) in [5.41, 5.74) is 2.60. The van der Waals surface area contributed by atoms with E-state index in [-0.39, 0.29) is 11.9 Å². The second-order valence-corrected chi connectivity index (χ2v) is 4.35. The van der Waals surface area contributed by atoms with Gasteiger partial charge in [-0.25, -0.2) is 0 Å². The quantitative estimate of drug-likeness (QED) is 0.810. The lowest BCUT2D eigenvalue weighted by Gasteiger charge is -2.15. The lowest BCUT2D eigenvalue weighted by molar-refractivity contribution is -0.121. The van der Waals surface area contributed by atoms with Crippen LogP contribution < -0.4 is 5.32 Å². The molecule has 1 atom stereocenters. The minimum absolute atomic E-state index is 0.156. The number of benzene rings is 1. The number of amides is 1. The van der Waals surface area contributed by atoms with Gasteiger partial charge in [-0.2, -0.15) is 0 Å². The highest BCUT2D eigenvalue weighted by Gasteiger charge is 2.08. The van der Waals surface area contributed by atoms with Crippen molar-refractivity contribution in [3.8, 4) is 0 Å². The van der Waals surface area contributed by atoms with E-state index in [1.165, 1.54) is 11.1 Å². The van der Waals surface area contributed by atoms with Gasteiger partial charge in [0.15, 0.2) is 0 Å². The first-order valence-electron chi connectivity index (χ1n) is 5.97. The van der Waals surface area contributed by atoms with Gasteiger partial charge in [-0.15, -0.1) is 0 Å². The van der Waals surface area contributed by atoms with Crippen molar-refractivity contribution < 1.29 is 4.79 Å². The van der Waals surface area contributed by atoms with Crippen LogP contribution in [0.2, 0.25) is 0 Å². The fraction of sp³-hybridized carbons (Fsp3) is 0.500. The minimum atomic E-state index is 0.156. The number of aryl methyl sites for hydroxylation is 1. The lowest BCUT2D eigenvalue weighted by Crippen LogP contribution is -2.33. The molecule has 1 unspecified atom stereocenters. The van der Waals surface area contributed by atoms with Crippen LogP contribution in [0.15, 0.2) is 24.3 Å². The fourth-order valence-corrected chi connectivity index (χ4v) is 1.79. The predicted octanol–water partition coefficient (Wildman–Crippen LogP) is 2.84. The van der Waals surface area contributed by atoms with Gasteiger partial charge in [0.2, 0.25) is 5.91 Å². The molecule has 0 saturated heterocycles. The molecular weight excluding hydrogens is 198 g/mol. The van der Waals surface area contributed by atoms with E-state index in [1.54, 1.807) is 0 Å². The number of nitrogens with one attached hydrogen (secondary N) is 1. The zero-order chi connectivity index (χ0) is 12.0. The highest BCUT2D eigenvalue weighted by molar-refractivity contribution is 5.76. The Labute approximate surface area is 98.1 Å². The van der Waals surface area contributed by atoms with Crippen molar-refractivity contribution in [2.45, 2.75) is 46.1 Å². The molecule has 0 aromatic heterocycles. The maximum absolute atomic E-state index is 11.4. The van der Waals surface area contributed by atoms with Crippen LogP contribution in [0, 0.1) is 6.92 Å². The lowest BCUT2D eigenvalue weighted by atomic mass is 10.0. The standard InChI is InChI=1S/C14H21NO/c1-4-7-14(16)15-12(3)10-13-9-6-5-8-11(13)2/h5-6,8-9,12H,4,7,10H2,1-3H3,(H,15,16). The third kappa shape index (κ3) is 4.05. The van der Waals surface area contributed by atoms with Crippen LogP contribution in [-0.2, 0) is 11.2 Å². The Morgan fingerprint density at radius 3 is 2.69 bits per heavy atom. The van der Waals surface area contributed by atoms with Gasteiger partial charge in [0.1, 0.15) is 0 Å². The second kappa shape index (κ2) is 6.31. The summed E-state index contributed by atoms with van der Waals surface area (Å²) in [6.07, 6.45) is 2.43. The summed E-state index contributed by atoms with van der Waals surface area (Å²) in [6, 6.07) is 8.52. The van der Waals surface area contributed by atoms with Crippen molar-refractivity contribution in [2.75, 3.05) is 0 Å². The van der Waals surface area contributed by atoms with E-state index in [9.17, 15) is 4.79 Å². The van der Waals surface area contributed by atoms with Crippen LogP contribution >= 0.6 is 0 Å². The first kappa shape index (κ1) is 12.8. The van der Waals surface area contributed by atoms with E-state index < -0.39 is 0 Å². The maximum Gasteiger partial charge on any atom is 0.220 e. The summed E-state index contributed by atoms with van der Waals surface area (Å²) in [7, 11) is 0. The molecule has 1 rings (SSSR count). The maximum atomic E-state index is 11.4. The molecule has 0 bridgehead atoms. The largest absolute Gasteiger partial charge is 0.353 e. The molecule has 1 aromatic rings. The van der Waals surface area contributed by atoms with Crippen molar-refractivity contribution in [3.63, 3.8) is 0 Å². The minimum Gasteiger partial charge on any atom is -0.353 e. The third-order valence-corrected chi connectivity index (χ3v) is 2.67. The van der Waals surface area contributed by atoms with Crippen LogP contribution in [0.4, 0.5) is 0 Å². The molecule has 0 aliphatic carbocycles. The predicted molar refractivity (Wildman–Crippen MR) is 67.4 cm³/mol. The molecule has 0 heterocycles. The van der Waals surface area contributed by atoms with Crippen molar-refractivity contribution >= 4 is 5.91 Å². The van der Waals surface area contributed by atoms with Crippen LogP contribution in [0.25, 0.3) is 0 Å². The number of carbonyl (C=O) groups is 1. The smallest absolute Gasteiger partial charge is 0.220 e. The van der Waals surface area contributed by atoms with Crippen LogP contribution in [0.3, 0.4) is 0 Å². The zero-order valence-corrected chi connectivity index (χ0v) is 10.4. The normalized spacial score (nSPS) is 12.2. The van der Waals surface area contributed by atoms with Crippen molar-refractivity contribution in [1.82, 2.24) is 5.32 Å². The van der Waals surface area contributed by atoms with E-state index in [0.29, 0.717) is 6.42 Å². The molecular formula is C14H21NO. The van der Waals surface area contributed by atoms with Gasteiger partial charge in [0.05, 0.1) is 0 Å². The van der Waals surface area contributed by atoms with Gasteiger partial charge >= 0.3 is 0 Å². The summed E-state index contributed by atoms with van der Waals surface area (Å²) in [5.74, 6) is 0.156. The van der Waals surface area contributed by atoms with Gasteiger partial charge in [0.25, 0.3) is 0 Å². The Kier molecular flexibility index (Phi) is 5.03. The monoisotopic (exact) mass is 219 g/mol. The average Bonchev–Trinajstić information content (AvgIpc) is 2.21. The Bertz CT molecular complexity index is 346. The first-order valence-corrected chi connectivity index (χ1v) is 5.97. The van der Waals surface area contributed by atoms with Gasteiger partial charge in [-0.05, 0) is 37.8 Å². The fourth-order valence-electron chi connectivity index (χ4n) is 1.79. The number of carbonyl (C=O) groups excluding carboxylic acids is 1. The van der Waals surface area contributed by atoms with Crippen LogP contribution in [0.5, 0.6) is 0 Å². The SMILES string of the molecule is CCCC(=O)NC(C)Cc1ccccc1C. The molecule has 88 valence electrons. The molecule has 0 radical (unpaired) electrons. The topological polar surface area (TPSA) is 29.1 Å². The molecule has 1 N–H and O–H groups in total. The molecule has 16 heavy (non-hydrogen) atoms. The summed E-state index contributed by atoms with van der Waals surface area (Å²) in [6.45, 7) is 6.18. The Balaban J connectivity index is 2.48. The summed E-state index contributed by atoms with van der Waals surface area (Å²) >= 11 is 0. The van der Waals surface area contributed by atoms with Gasteiger partial charge < -0.3 is 5.32 Å². The number of hydrogen-bond donors (Lipinski definition) is 1. The molecule has 0 aliphatic rings. The molecule has 0 spiro atoms. The Morgan fingerprint density at radius 2 is 2.06 bits per heavy atom. The average molecular weight is 219 g/mol. The molecule has 0 saturated carbocycles. The van der Waals surface area contributed by atoms with E-state index in [1.807, 2.05) is 19.1 Å². The highest BCUT2D eigenvalue weighted by atomic mass is 16.1. The molecule has 0 aliphatic heterocycles. The molecule has 1 aromatic carbocycles. The summed E-state index contributed by atoms with van der Waals surface area (Å²) in [4.78, 5) is 11.4. The van der Waals surface area contributed by atoms with E-state index in [2.05, 4.69) is 31.3 Å². The molecule has 0 fully saturated rings. The number of hydrogen-bond acceptors (Lipinski definition) is 1. The van der Waals surface area contributed by atoms with Gasteiger partial charge in [-0.1, -0.05) is 31.2 Å². The summed E-state index contributed by atoms with van der Waals surface area (Å²) < 4.78 is 0. The highest BCUT2D eigenvalue weighted by Crippen LogP contribution is 2.09. The van der Waals surface area contributed by atoms with Crippen molar-refractivity contribution in [3.05, 3.63) is 35.4 Å². The first-order chi connectivity index (χ1) is 7.63. The third-order valence-electron chi connectivity index (χ3n) is 2.67.